The largest absolute Gasteiger partial charge is 0.392 e. The Labute approximate surface area is 125 Å². The van der Waals surface area contributed by atoms with E-state index in [1.54, 1.807) is 6.20 Å². The minimum atomic E-state index is -0.371. The summed E-state index contributed by atoms with van der Waals surface area (Å²) >= 11 is 5.20. The topological polar surface area (TPSA) is 33.1 Å². The molecule has 1 aromatic carbocycles. The lowest BCUT2D eigenvalue weighted by Crippen LogP contribution is -2.21. The van der Waals surface area contributed by atoms with Crippen molar-refractivity contribution < 1.29 is 5.11 Å². The minimum absolute atomic E-state index is 0.214. The summed E-state index contributed by atoms with van der Waals surface area (Å²) in [5.74, 6) is 1.17. The van der Waals surface area contributed by atoms with Gasteiger partial charge in [-0.2, -0.15) is 0 Å². The molecule has 0 aliphatic carbocycles. The Hall–Kier alpha value is -0.840. The lowest BCUT2D eigenvalue weighted by atomic mass is 9.92. The number of hydrogen-bond acceptors (Lipinski definition) is 3. The number of rotatable bonds is 3. The molecule has 2 unspecified atom stereocenters. The van der Waals surface area contributed by atoms with Gasteiger partial charge in [0.15, 0.2) is 0 Å². The van der Waals surface area contributed by atoms with Crippen molar-refractivity contribution in [2.24, 2.45) is 0 Å². The predicted octanol–water partition coefficient (Wildman–Crippen LogP) is 3.64. The maximum absolute atomic E-state index is 10.5. The highest BCUT2D eigenvalue weighted by molar-refractivity contribution is 9.10. The van der Waals surface area contributed by atoms with E-state index in [0.717, 1.165) is 15.9 Å². The molecule has 1 aromatic heterocycles. The second-order valence-electron chi connectivity index (χ2n) is 4.69. The van der Waals surface area contributed by atoms with E-state index in [-0.39, 0.29) is 12.0 Å². The molecule has 2 heterocycles. The molecule has 0 amide bonds. The molecule has 0 saturated heterocycles. The zero-order valence-corrected chi connectivity index (χ0v) is 12.7. The van der Waals surface area contributed by atoms with E-state index >= 15 is 0 Å². The van der Waals surface area contributed by atoms with Crippen molar-refractivity contribution in [3.63, 3.8) is 0 Å². The van der Waals surface area contributed by atoms with Gasteiger partial charge in [-0.3, -0.25) is 4.98 Å². The van der Waals surface area contributed by atoms with Crippen LogP contribution in [0.2, 0.25) is 0 Å². The molecule has 0 saturated carbocycles. The van der Waals surface area contributed by atoms with Crippen molar-refractivity contribution in [1.82, 2.24) is 4.98 Å². The molecule has 2 nitrogen and oxygen atoms in total. The van der Waals surface area contributed by atoms with Crippen LogP contribution in [-0.4, -0.2) is 21.9 Å². The molecule has 1 N–H and O–H groups in total. The second-order valence-corrected chi connectivity index (χ2v) is 6.67. The molecule has 1 aliphatic rings. The number of thioether (sulfide) groups is 1. The van der Waals surface area contributed by atoms with Crippen LogP contribution in [0.5, 0.6) is 0 Å². The van der Waals surface area contributed by atoms with Gasteiger partial charge in [0.2, 0.25) is 0 Å². The van der Waals surface area contributed by atoms with Gasteiger partial charge in [0, 0.05) is 39.4 Å². The number of aliphatic hydroxyl groups is 1. The third-order valence-electron chi connectivity index (χ3n) is 3.41. The Balaban J connectivity index is 1.75. The van der Waals surface area contributed by atoms with Crippen molar-refractivity contribution in [2.75, 3.05) is 5.75 Å². The molecular formula is C15H14BrNOS. The SMILES string of the molecule is OC(Cc1ccc(Br)cn1)C1CSc2ccccc21. The van der Waals surface area contributed by atoms with Crippen LogP contribution in [0.4, 0.5) is 0 Å². The van der Waals surface area contributed by atoms with E-state index < -0.39 is 0 Å². The maximum atomic E-state index is 10.5. The van der Waals surface area contributed by atoms with Crippen LogP contribution in [0.3, 0.4) is 0 Å². The van der Waals surface area contributed by atoms with Gasteiger partial charge in [-0.25, -0.2) is 0 Å². The molecule has 0 radical (unpaired) electrons. The van der Waals surface area contributed by atoms with Gasteiger partial charge in [0.25, 0.3) is 0 Å². The maximum Gasteiger partial charge on any atom is 0.0672 e. The molecule has 2 atom stereocenters. The first-order valence-electron chi connectivity index (χ1n) is 6.24. The van der Waals surface area contributed by atoms with E-state index in [9.17, 15) is 5.11 Å². The molecule has 2 aromatic rings. The summed E-state index contributed by atoms with van der Waals surface area (Å²) in [6.45, 7) is 0. The second kappa shape index (κ2) is 5.65. The average molecular weight is 336 g/mol. The lowest BCUT2D eigenvalue weighted by Gasteiger charge is -2.18. The van der Waals surface area contributed by atoms with Crippen LogP contribution >= 0.6 is 27.7 Å². The number of hydrogen-bond donors (Lipinski definition) is 1. The van der Waals surface area contributed by atoms with Gasteiger partial charge in [-0.15, -0.1) is 11.8 Å². The standard InChI is InChI=1S/C15H14BrNOS/c16-10-5-6-11(17-8-10)7-14(18)13-9-19-15-4-2-1-3-12(13)15/h1-6,8,13-14,18H,7,9H2. The van der Waals surface area contributed by atoms with Gasteiger partial charge in [-0.05, 0) is 39.7 Å². The van der Waals surface area contributed by atoms with E-state index in [0.29, 0.717) is 6.42 Å². The minimum Gasteiger partial charge on any atom is -0.392 e. The predicted molar refractivity (Wildman–Crippen MR) is 81.6 cm³/mol. The molecule has 0 bridgehead atoms. The first kappa shape index (κ1) is 13.2. The van der Waals surface area contributed by atoms with E-state index in [2.05, 4.69) is 39.1 Å². The Morgan fingerprint density at radius 2 is 2.16 bits per heavy atom. The smallest absolute Gasteiger partial charge is 0.0672 e. The van der Waals surface area contributed by atoms with Crippen LogP contribution in [-0.2, 0) is 6.42 Å². The van der Waals surface area contributed by atoms with E-state index in [1.807, 2.05) is 30.0 Å². The molecule has 0 fully saturated rings. The highest BCUT2D eigenvalue weighted by atomic mass is 79.9. The normalized spacial score (nSPS) is 19.2. The number of aromatic nitrogens is 1. The fraction of sp³-hybridized carbons (Fsp3) is 0.267. The Bertz CT molecular complexity index is 573. The quantitative estimate of drug-likeness (QED) is 0.929. The lowest BCUT2D eigenvalue weighted by molar-refractivity contribution is 0.150. The highest BCUT2D eigenvalue weighted by Crippen LogP contribution is 2.41. The monoisotopic (exact) mass is 335 g/mol. The summed E-state index contributed by atoms with van der Waals surface area (Å²) < 4.78 is 0.965. The number of nitrogens with zero attached hydrogens (tertiary/aromatic N) is 1. The summed E-state index contributed by atoms with van der Waals surface area (Å²) in [5.41, 5.74) is 2.21. The Kier molecular flexibility index (Phi) is 3.91. The molecule has 19 heavy (non-hydrogen) atoms. The van der Waals surface area contributed by atoms with E-state index in [4.69, 9.17) is 0 Å². The third kappa shape index (κ3) is 2.86. The number of benzene rings is 1. The fourth-order valence-corrected chi connectivity index (χ4v) is 3.95. The van der Waals surface area contributed by atoms with Gasteiger partial charge in [-0.1, -0.05) is 18.2 Å². The fourth-order valence-electron chi connectivity index (χ4n) is 2.39. The summed E-state index contributed by atoms with van der Waals surface area (Å²) in [7, 11) is 0. The number of fused-ring (bicyclic) bond motifs is 1. The summed E-state index contributed by atoms with van der Waals surface area (Å²) in [6.07, 6.45) is 2.01. The zero-order chi connectivity index (χ0) is 13.2. The highest BCUT2D eigenvalue weighted by Gasteiger charge is 2.29. The zero-order valence-electron chi connectivity index (χ0n) is 10.3. The van der Waals surface area contributed by atoms with Gasteiger partial charge in [0.1, 0.15) is 0 Å². The summed E-state index contributed by atoms with van der Waals surface area (Å²) in [4.78, 5) is 5.63. The Morgan fingerprint density at radius 1 is 1.32 bits per heavy atom. The molecule has 4 heteroatoms. The molecule has 98 valence electrons. The van der Waals surface area contributed by atoms with Crippen molar-refractivity contribution >= 4 is 27.7 Å². The van der Waals surface area contributed by atoms with Crippen LogP contribution in [0.25, 0.3) is 0 Å². The van der Waals surface area contributed by atoms with Crippen molar-refractivity contribution in [1.29, 1.82) is 0 Å². The average Bonchev–Trinajstić information content (AvgIpc) is 2.85. The first-order chi connectivity index (χ1) is 9.24. The van der Waals surface area contributed by atoms with E-state index in [1.165, 1.54) is 10.5 Å². The van der Waals surface area contributed by atoms with Crippen molar-refractivity contribution in [2.45, 2.75) is 23.3 Å². The van der Waals surface area contributed by atoms with Crippen LogP contribution in [0.1, 0.15) is 17.2 Å². The third-order valence-corrected chi connectivity index (χ3v) is 5.09. The van der Waals surface area contributed by atoms with Crippen LogP contribution in [0, 0.1) is 0 Å². The van der Waals surface area contributed by atoms with Gasteiger partial charge in [0.05, 0.1) is 6.10 Å². The molecule has 0 spiro atoms. The number of pyridine rings is 1. The Morgan fingerprint density at radius 3 is 2.95 bits per heavy atom. The van der Waals surface area contributed by atoms with Crippen molar-refractivity contribution in [3.8, 4) is 0 Å². The van der Waals surface area contributed by atoms with Gasteiger partial charge >= 0.3 is 0 Å². The number of halogens is 1. The summed E-state index contributed by atoms with van der Waals surface area (Å²) in [5, 5.41) is 10.5. The van der Waals surface area contributed by atoms with Crippen LogP contribution < -0.4 is 0 Å². The molecular weight excluding hydrogens is 322 g/mol. The van der Waals surface area contributed by atoms with Crippen LogP contribution in [0.15, 0.2) is 52.0 Å². The first-order valence-corrected chi connectivity index (χ1v) is 8.02. The number of aliphatic hydroxyl groups excluding tert-OH is 1. The van der Waals surface area contributed by atoms with Crippen molar-refractivity contribution in [3.05, 3.63) is 58.3 Å². The molecule has 1 aliphatic heterocycles. The van der Waals surface area contributed by atoms with Gasteiger partial charge < -0.3 is 5.11 Å². The summed E-state index contributed by atoms with van der Waals surface area (Å²) in [6, 6.07) is 12.3. The molecule has 3 rings (SSSR count).